The van der Waals surface area contributed by atoms with Gasteiger partial charge in [-0.1, -0.05) is 0 Å². The lowest BCUT2D eigenvalue weighted by Gasteiger charge is -2.33. The number of nitrogens with zero attached hydrogens (tertiary/aromatic N) is 2. The molecule has 0 aromatic heterocycles. The van der Waals surface area contributed by atoms with Crippen molar-refractivity contribution in [3.63, 3.8) is 0 Å². The van der Waals surface area contributed by atoms with Crippen LogP contribution in [-0.4, -0.2) is 59.4 Å². The predicted molar refractivity (Wildman–Crippen MR) is 71.6 cm³/mol. The molecule has 3 heterocycles. The van der Waals surface area contributed by atoms with Crippen LogP contribution in [0.25, 0.3) is 0 Å². The highest BCUT2D eigenvalue weighted by molar-refractivity contribution is 5.88. The van der Waals surface area contributed by atoms with Gasteiger partial charge in [0.1, 0.15) is 6.04 Å². The average molecular weight is 265 g/mol. The van der Waals surface area contributed by atoms with Crippen LogP contribution in [0, 0.1) is 0 Å². The van der Waals surface area contributed by atoms with Crippen molar-refractivity contribution in [3.05, 3.63) is 0 Å². The zero-order chi connectivity index (χ0) is 13.4. The van der Waals surface area contributed by atoms with Crippen molar-refractivity contribution in [1.29, 1.82) is 0 Å². The molecular weight excluding hydrogens is 242 g/mol. The maximum Gasteiger partial charge on any atom is 0.245 e. The Kier molecular flexibility index (Phi) is 3.48. The molecule has 5 heteroatoms. The first-order valence-corrected chi connectivity index (χ1v) is 7.48. The molecule has 2 bridgehead atoms. The van der Waals surface area contributed by atoms with Crippen molar-refractivity contribution in [2.24, 2.45) is 0 Å². The molecule has 5 nitrogen and oxygen atoms in total. The fourth-order valence-corrected chi connectivity index (χ4v) is 3.91. The zero-order valence-electron chi connectivity index (χ0n) is 11.6. The molecule has 3 unspecified atom stereocenters. The fourth-order valence-electron chi connectivity index (χ4n) is 3.91. The lowest BCUT2D eigenvalue weighted by molar-refractivity contribution is -0.144. The van der Waals surface area contributed by atoms with Gasteiger partial charge in [0.2, 0.25) is 11.8 Å². The number of amides is 2. The molecule has 3 fully saturated rings. The molecule has 0 aromatic carbocycles. The van der Waals surface area contributed by atoms with Crippen molar-refractivity contribution in [3.8, 4) is 0 Å². The first-order chi connectivity index (χ1) is 9.18. The molecule has 2 amide bonds. The van der Waals surface area contributed by atoms with Gasteiger partial charge < -0.3 is 15.1 Å². The molecule has 0 aromatic rings. The minimum Gasteiger partial charge on any atom is -0.334 e. The van der Waals surface area contributed by atoms with Crippen molar-refractivity contribution < 1.29 is 9.59 Å². The van der Waals surface area contributed by atoms with Crippen LogP contribution in [0.5, 0.6) is 0 Å². The van der Waals surface area contributed by atoms with Gasteiger partial charge in [0.25, 0.3) is 0 Å². The summed E-state index contributed by atoms with van der Waals surface area (Å²) in [4.78, 5) is 28.3. The number of nitrogens with one attached hydrogen (secondary N) is 1. The molecule has 3 atom stereocenters. The van der Waals surface area contributed by atoms with E-state index < -0.39 is 0 Å². The number of carbonyl (C=O) groups excluding carboxylic acids is 2. The summed E-state index contributed by atoms with van der Waals surface area (Å²) in [6, 6.07) is 0.537. The van der Waals surface area contributed by atoms with Crippen LogP contribution in [0.4, 0.5) is 0 Å². The third kappa shape index (κ3) is 2.24. The largest absolute Gasteiger partial charge is 0.334 e. The molecule has 0 spiro atoms. The van der Waals surface area contributed by atoms with Gasteiger partial charge in [-0.2, -0.15) is 0 Å². The summed E-state index contributed by atoms with van der Waals surface area (Å²) in [6.45, 7) is 4.23. The van der Waals surface area contributed by atoms with Crippen molar-refractivity contribution in [2.45, 2.75) is 57.2 Å². The first kappa shape index (κ1) is 12.9. The molecule has 0 radical (unpaired) electrons. The molecule has 1 N–H and O–H groups in total. The first-order valence-electron chi connectivity index (χ1n) is 7.48. The van der Waals surface area contributed by atoms with E-state index >= 15 is 0 Å². The summed E-state index contributed by atoms with van der Waals surface area (Å²) in [7, 11) is 0. The quantitative estimate of drug-likeness (QED) is 0.744. The topological polar surface area (TPSA) is 52.7 Å². The van der Waals surface area contributed by atoms with Gasteiger partial charge in [-0.15, -0.1) is 0 Å². The van der Waals surface area contributed by atoms with Crippen LogP contribution in [0.3, 0.4) is 0 Å². The summed E-state index contributed by atoms with van der Waals surface area (Å²) in [5.74, 6) is 0.236. The average Bonchev–Trinajstić information content (AvgIpc) is 2.92. The van der Waals surface area contributed by atoms with Crippen molar-refractivity contribution >= 4 is 11.8 Å². The van der Waals surface area contributed by atoms with Crippen LogP contribution >= 0.6 is 0 Å². The highest BCUT2D eigenvalue weighted by Gasteiger charge is 2.43. The number of rotatable bonds is 1. The number of carbonyl (C=O) groups is 2. The maximum atomic E-state index is 12.8. The predicted octanol–water partition coefficient (Wildman–Crippen LogP) is 0.350. The normalized spacial score (nSPS) is 34.5. The summed E-state index contributed by atoms with van der Waals surface area (Å²) in [5, 5.41) is 3.41. The highest BCUT2D eigenvalue weighted by Crippen LogP contribution is 2.31. The Morgan fingerprint density at radius 3 is 2.68 bits per heavy atom. The molecule has 19 heavy (non-hydrogen) atoms. The Hall–Kier alpha value is -1.10. The monoisotopic (exact) mass is 265 g/mol. The second kappa shape index (κ2) is 5.12. The number of hydrogen-bond donors (Lipinski definition) is 1. The molecule has 3 saturated heterocycles. The lowest BCUT2D eigenvalue weighted by Crippen LogP contribution is -2.51. The van der Waals surface area contributed by atoms with Gasteiger partial charge in [-0.05, 0) is 38.6 Å². The molecular formula is C14H23N3O2. The SMILES string of the molecule is CC(=O)N1CCCC1C(=O)N1C2CCNCC1CC2. The van der Waals surface area contributed by atoms with E-state index in [0.29, 0.717) is 12.1 Å². The van der Waals surface area contributed by atoms with Crippen LogP contribution in [0.15, 0.2) is 0 Å². The van der Waals surface area contributed by atoms with Crippen LogP contribution in [-0.2, 0) is 9.59 Å². The Balaban J connectivity index is 1.77. The Bertz CT molecular complexity index is 371. The molecule has 106 valence electrons. The molecule has 3 rings (SSSR count). The van der Waals surface area contributed by atoms with Gasteiger partial charge in [0.15, 0.2) is 0 Å². The number of likely N-dealkylation sites (tertiary alicyclic amines) is 1. The third-order valence-electron chi connectivity index (χ3n) is 4.85. The van der Waals surface area contributed by atoms with E-state index in [-0.39, 0.29) is 17.9 Å². The second-order valence-corrected chi connectivity index (χ2v) is 5.99. The molecule has 0 saturated carbocycles. The zero-order valence-corrected chi connectivity index (χ0v) is 11.6. The second-order valence-electron chi connectivity index (χ2n) is 5.99. The molecule has 3 aliphatic rings. The van der Waals surface area contributed by atoms with E-state index in [0.717, 1.165) is 51.7 Å². The third-order valence-corrected chi connectivity index (χ3v) is 4.85. The standard InChI is InChI=1S/C14H23N3O2/c1-10(18)16-8-2-3-13(16)14(19)17-11-4-5-12(17)9-15-7-6-11/h11-13,15H,2-9H2,1H3. The van der Waals surface area contributed by atoms with Gasteiger partial charge in [0, 0.05) is 32.1 Å². The smallest absolute Gasteiger partial charge is 0.245 e. The van der Waals surface area contributed by atoms with Gasteiger partial charge in [-0.25, -0.2) is 0 Å². The summed E-state index contributed by atoms with van der Waals surface area (Å²) >= 11 is 0. The summed E-state index contributed by atoms with van der Waals surface area (Å²) in [5.41, 5.74) is 0. The van der Waals surface area contributed by atoms with E-state index in [4.69, 9.17) is 0 Å². The maximum absolute atomic E-state index is 12.8. The molecule has 0 aliphatic carbocycles. The molecule has 3 aliphatic heterocycles. The lowest BCUT2D eigenvalue weighted by atomic mass is 10.1. The van der Waals surface area contributed by atoms with Gasteiger partial charge in [-0.3, -0.25) is 9.59 Å². The number of fused-ring (bicyclic) bond motifs is 2. The van der Waals surface area contributed by atoms with Crippen LogP contribution < -0.4 is 5.32 Å². The highest BCUT2D eigenvalue weighted by atomic mass is 16.2. The van der Waals surface area contributed by atoms with Gasteiger partial charge >= 0.3 is 0 Å². The van der Waals surface area contributed by atoms with Crippen molar-refractivity contribution in [1.82, 2.24) is 15.1 Å². The number of hydrogen-bond acceptors (Lipinski definition) is 3. The van der Waals surface area contributed by atoms with Crippen molar-refractivity contribution in [2.75, 3.05) is 19.6 Å². The minimum absolute atomic E-state index is 0.0381. The summed E-state index contributed by atoms with van der Waals surface area (Å²) < 4.78 is 0. The Labute approximate surface area is 114 Å². The Morgan fingerprint density at radius 2 is 1.89 bits per heavy atom. The Morgan fingerprint density at radius 1 is 1.11 bits per heavy atom. The minimum atomic E-state index is -0.196. The van der Waals surface area contributed by atoms with Crippen LogP contribution in [0.2, 0.25) is 0 Å². The van der Waals surface area contributed by atoms with E-state index in [1.54, 1.807) is 11.8 Å². The van der Waals surface area contributed by atoms with E-state index in [2.05, 4.69) is 10.2 Å². The van der Waals surface area contributed by atoms with Gasteiger partial charge in [0.05, 0.1) is 0 Å². The van der Waals surface area contributed by atoms with Crippen LogP contribution in [0.1, 0.15) is 39.0 Å². The van der Waals surface area contributed by atoms with E-state index in [1.807, 2.05) is 0 Å². The van der Waals surface area contributed by atoms with E-state index in [1.165, 1.54) is 0 Å². The van der Waals surface area contributed by atoms with E-state index in [9.17, 15) is 9.59 Å². The summed E-state index contributed by atoms with van der Waals surface area (Å²) in [6.07, 6.45) is 5.08. The fraction of sp³-hybridized carbons (Fsp3) is 0.857.